The molecule has 0 spiro atoms. The summed E-state index contributed by atoms with van der Waals surface area (Å²) in [6, 6.07) is 9.36. The fourth-order valence-corrected chi connectivity index (χ4v) is 3.79. The van der Waals surface area contributed by atoms with E-state index in [1.54, 1.807) is 36.7 Å². The Hall–Kier alpha value is -2.86. The van der Waals surface area contributed by atoms with Gasteiger partial charge in [-0.1, -0.05) is 18.5 Å². The number of phenols is 1. The zero-order chi connectivity index (χ0) is 18.4. The number of hydrogen-bond acceptors (Lipinski definition) is 4. The van der Waals surface area contributed by atoms with Crippen LogP contribution in [0, 0.1) is 5.92 Å². The Morgan fingerprint density at radius 1 is 1.23 bits per heavy atom. The number of nitrogens with zero attached hydrogens (tertiary/aromatic N) is 2. The monoisotopic (exact) mass is 369 g/mol. The molecule has 3 aromatic rings. The maximum Gasteiger partial charge on any atom is 0.295 e. The lowest BCUT2D eigenvalue weighted by Crippen LogP contribution is -2.29. The van der Waals surface area contributed by atoms with Gasteiger partial charge in [0, 0.05) is 16.3 Å². The van der Waals surface area contributed by atoms with Crippen LogP contribution in [-0.4, -0.2) is 26.8 Å². The number of anilines is 1. The number of nitrogens with one attached hydrogen (secondary N) is 1. The summed E-state index contributed by atoms with van der Waals surface area (Å²) in [5.41, 5.74) is 2.56. The van der Waals surface area contributed by atoms with Gasteiger partial charge in [0.1, 0.15) is 5.75 Å². The van der Waals surface area contributed by atoms with E-state index in [0.717, 1.165) is 11.0 Å². The van der Waals surface area contributed by atoms with Crippen LogP contribution in [0.3, 0.4) is 0 Å². The van der Waals surface area contributed by atoms with Crippen LogP contribution < -0.4 is 4.90 Å². The first-order valence-corrected chi connectivity index (χ1v) is 8.68. The third-order valence-corrected chi connectivity index (χ3v) is 5.09. The molecular formula is C19H16ClN3O3. The van der Waals surface area contributed by atoms with Crippen molar-refractivity contribution in [3.05, 3.63) is 53.3 Å². The van der Waals surface area contributed by atoms with Gasteiger partial charge in [0.15, 0.2) is 0 Å². The van der Waals surface area contributed by atoms with Gasteiger partial charge in [0.2, 0.25) is 5.78 Å². The Morgan fingerprint density at radius 3 is 2.81 bits per heavy atom. The fraction of sp³-hybridized carbons (Fsp3) is 0.211. The maximum atomic E-state index is 12.8. The molecule has 2 N–H and O–H groups in total. The standard InChI is InChI=1S/C19H16ClN3O3/c1-2-12-17(13-7-10(20)3-6-16(13)24)23(19(26)18(12)25)11-4-5-14-15(8-11)22-9-21-14/h3-9,12,17,24H,2H2,1H3,(H,21,22). The zero-order valence-corrected chi connectivity index (χ0v) is 14.7. The molecule has 1 aromatic heterocycles. The molecule has 0 bridgehead atoms. The predicted octanol–water partition coefficient (Wildman–Crippen LogP) is 3.61. The second-order valence-electron chi connectivity index (χ2n) is 6.31. The van der Waals surface area contributed by atoms with E-state index >= 15 is 0 Å². The minimum absolute atomic E-state index is 0.00738. The van der Waals surface area contributed by atoms with Crippen molar-refractivity contribution in [3.8, 4) is 5.75 Å². The highest BCUT2D eigenvalue weighted by molar-refractivity contribution is 6.45. The Kier molecular flexibility index (Phi) is 3.92. The number of phenolic OH excluding ortho intramolecular Hbond substituents is 1. The lowest BCUT2D eigenvalue weighted by atomic mass is 9.90. The number of rotatable bonds is 3. The molecule has 132 valence electrons. The second kappa shape index (κ2) is 6.14. The van der Waals surface area contributed by atoms with Gasteiger partial charge in [-0.15, -0.1) is 0 Å². The van der Waals surface area contributed by atoms with Crippen LogP contribution >= 0.6 is 11.6 Å². The van der Waals surface area contributed by atoms with E-state index in [9.17, 15) is 14.7 Å². The number of H-pyrrole nitrogens is 1. The molecule has 26 heavy (non-hydrogen) atoms. The number of aromatic nitrogens is 2. The molecule has 1 fully saturated rings. The Morgan fingerprint density at radius 2 is 2.04 bits per heavy atom. The van der Waals surface area contributed by atoms with Crippen molar-refractivity contribution in [3.63, 3.8) is 0 Å². The molecule has 6 nitrogen and oxygen atoms in total. The number of aromatic amines is 1. The highest BCUT2D eigenvalue weighted by Crippen LogP contribution is 2.44. The van der Waals surface area contributed by atoms with Gasteiger partial charge in [-0.05, 0) is 42.8 Å². The summed E-state index contributed by atoms with van der Waals surface area (Å²) in [5, 5.41) is 10.8. The van der Waals surface area contributed by atoms with Crippen molar-refractivity contribution < 1.29 is 14.7 Å². The molecule has 4 rings (SSSR count). The number of halogens is 1. The van der Waals surface area contributed by atoms with E-state index < -0.39 is 23.7 Å². The summed E-state index contributed by atoms with van der Waals surface area (Å²) in [7, 11) is 0. The first kappa shape index (κ1) is 16.6. The molecule has 1 aliphatic rings. The largest absolute Gasteiger partial charge is 0.508 e. The molecule has 0 saturated carbocycles. The quantitative estimate of drug-likeness (QED) is 0.690. The lowest BCUT2D eigenvalue weighted by molar-refractivity contribution is -0.135. The van der Waals surface area contributed by atoms with Gasteiger partial charge >= 0.3 is 0 Å². The van der Waals surface area contributed by atoms with Gasteiger partial charge in [-0.3, -0.25) is 14.5 Å². The smallest absolute Gasteiger partial charge is 0.295 e. The topological polar surface area (TPSA) is 86.3 Å². The van der Waals surface area contributed by atoms with Crippen molar-refractivity contribution in [2.75, 3.05) is 4.90 Å². The van der Waals surface area contributed by atoms with Crippen LogP contribution in [0.15, 0.2) is 42.7 Å². The first-order valence-electron chi connectivity index (χ1n) is 8.30. The van der Waals surface area contributed by atoms with Crippen LogP contribution in [0.5, 0.6) is 5.75 Å². The van der Waals surface area contributed by atoms with E-state index in [-0.39, 0.29) is 5.75 Å². The van der Waals surface area contributed by atoms with E-state index in [2.05, 4.69) is 9.97 Å². The van der Waals surface area contributed by atoms with Crippen molar-refractivity contribution in [2.45, 2.75) is 19.4 Å². The molecule has 0 aliphatic carbocycles. The highest BCUT2D eigenvalue weighted by atomic mass is 35.5. The number of imidazole rings is 1. The van der Waals surface area contributed by atoms with Gasteiger partial charge < -0.3 is 10.1 Å². The molecule has 1 amide bonds. The van der Waals surface area contributed by atoms with Gasteiger partial charge in [0.25, 0.3) is 5.91 Å². The third-order valence-electron chi connectivity index (χ3n) is 4.86. The van der Waals surface area contributed by atoms with Crippen LogP contribution in [0.2, 0.25) is 5.02 Å². The highest BCUT2D eigenvalue weighted by Gasteiger charge is 2.48. The summed E-state index contributed by atoms with van der Waals surface area (Å²) in [4.78, 5) is 34.0. The fourth-order valence-electron chi connectivity index (χ4n) is 3.61. The Bertz CT molecular complexity index is 1030. The maximum absolute atomic E-state index is 12.8. The second-order valence-corrected chi connectivity index (χ2v) is 6.74. The van der Waals surface area contributed by atoms with Crippen molar-refractivity contribution in [1.82, 2.24) is 9.97 Å². The third kappa shape index (κ3) is 2.45. The minimum Gasteiger partial charge on any atom is -0.508 e. The number of aromatic hydroxyl groups is 1. The number of fused-ring (bicyclic) bond motifs is 1. The van der Waals surface area contributed by atoms with Crippen LogP contribution in [0.25, 0.3) is 11.0 Å². The van der Waals surface area contributed by atoms with Crippen LogP contribution in [0.4, 0.5) is 5.69 Å². The van der Waals surface area contributed by atoms with Gasteiger partial charge in [0.05, 0.1) is 29.3 Å². The summed E-state index contributed by atoms with van der Waals surface area (Å²) in [6.45, 7) is 1.85. The normalized spacial score (nSPS) is 20.3. The summed E-state index contributed by atoms with van der Waals surface area (Å²) >= 11 is 6.10. The summed E-state index contributed by atoms with van der Waals surface area (Å²) < 4.78 is 0. The molecule has 2 unspecified atom stereocenters. The molecule has 2 atom stereocenters. The zero-order valence-electron chi connectivity index (χ0n) is 13.9. The Labute approximate surface area is 154 Å². The summed E-state index contributed by atoms with van der Waals surface area (Å²) in [5.74, 6) is -1.58. The van der Waals surface area contributed by atoms with Crippen LogP contribution in [0.1, 0.15) is 24.9 Å². The van der Waals surface area contributed by atoms with Crippen molar-refractivity contribution in [2.24, 2.45) is 5.92 Å². The molecule has 1 saturated heterocycles. The van der Waals surface area contributed by atoms with Gasteiger partial charge in [-0.25, -0.2) is 4.98 Å². The SMILES string of the molecule is CCC1C(=O)C(=O)N(c2ccc3nc[nH]c3c2)C1c1cc(Cl)ccc1O. The van der Waals surface area contributed by atoms with E-state index in [4.69, 9.17) is 11.6 Å². The number of carbonyl (C=O) groups excluding carboxylic acids is 2. The molecule has 1 aliphatic heterocycles. The number of Topliss-reactive ketones (excluding diaryl/α,β-unsaturated/α-hetero) is 1. The average molecular weight is 370 g/mol. The summed E-state index contributed by atoms with van der Waals surface area (Å²) in [6.07, 6.45) is 2.05. The minimum atomic E-state index is -0.612. The van der Waals surface area contributed by atoms with E-state index in [1.807, 2.05) is 6.92 Å². The first-order chi connectivity index (χ1) is 12.5. The number of hydrogen-bond donors (Lipinski definition) is 2. The molecule has 2 aromatic carbocycles. The molecule has 0 radical (unpaired) electrons. The van der Waals surface area contributed by atoms with Crippen molar-refractivity contribution >= 4 is 40.0 Å². The number of amides is 1. The lowest BCUT2D eigenvalue weighted by Gasteiger charge is -2.28. The van der Waals surface area contributed by atoms with Gasteiger partial charge in [-0.2, -0.15) is 0 Å². The number of ketones is 1. The van der Waals surface area contributed by atoms with E-state index in [1.165, 1.54) is 11.0 Å². The number of carbonyl (C=O) groups is 2. The molecule has 2 heterocycles. The number of benzene rings is 2. The predicted molar refractivity (Wildman–Crippen MR) is 98.2 cm³/mol. The average Bonchev–Trinajstić information content (AvgIpc) is 3.19. The van der Waals surface area contributed by atoms with Crippen LogP contribution in [-0.2, 0) is 9.59 Å². The molecular weight excluding hydrogens is 354 g/mol. The Balaban J connectivity index is 1.90. The van der Waals surface area contributed by atoms with Crippen molar-refractivity contribution in [1.29, 1.82) is 0 Å². The molecule has 7 heteroatoms. The van der Waals surface area contributed by atoms with E-state index in [0.29, 0.717) is 22.7 Å².